The first-order valence-electron chi connectivity index (χ1n) is 7.67. The summed E-state index contributed by atoms with van der Waals surface area (Å²) in [5.74, 6) is 0.943. The summed E-state index contributed by atoms with van der Waals surface area (Å²) in [5.41, 5.74) is 3.20. The van der Waals surface area contributed by atoms with Crippen molar-refractivity contribution in [2.24, 2.45) is 0 Å². The van der Waals surface area contributed by atoms with Gasteiger partial charge in [-0.25, -0.2) is 4.42 Å². The SMILES string of the molecule is Cc1cc2c(ccc3ccccc32)[o+]c1-c1ccccc1.[Cl][Fe-]([Cl])([Cl])[Cl]. The summed E-state index contributed by atoms with van der Waals surface area (Å²) < 4.78 is 6.19. The molecule has 0 saturated carbocycles. The van der Waals surface area contributed by atoms with Gasteiger partial charge >= 0.3 is 60.9 Å². The van der Waals surface area contributed by atoms with Gasteiger partial charge in [0.15, 0.2) is 0 Å². The minimum absolute atomic E-state index is 0.929. The normalized spacial score (nSPS) is 11.9. The van der Waals surface area contributed by atoms with E-state index in [4.69, 9.17) is 44.8 Å². The number of rotatable bonds is 1. The maximum atomic E-state index is 6.19. The molecule has 137 valence electrons. The summed E-state index contributed by atoms with van der Waals surface area (Å²) in [7, 11) is 17.2. The molecule has 0 aliphatic carbocycles. The molecule has 0 saturated heterocycles. The molecule has 1 nitrogen and oxygen atoms in total. The van der Waals surface area contributed by atoms with Crippen LogP contribution in [-0.2, 0) is 9.20 Å². The third kappa shape index (κ3) is 5.04. The summed E-state index contributed by atoms with van der Waals surface area (Å²) in [4.78, 5) is 0. The van der Waals surface area contributed by atoms with Gasteiger partial charge in [-0.15, -0.1) is 0 Å². The molecule has 0 atom stereocenters. The van der Waals surface area contributed by atoms with Crippen molar-refractivity contribution >= 4 is 62.1 Å². The van der Waals surface area contributed by atoms with Gasteiger partial charge in [0.25, 0.3) is 0 Å². The molecule has 0 spiro atoms. The van der Waals surface area contributed by atoms with Crippen molar-refractivity contribution < 1.29 is 13.6 Å². The van der Waals surface area contributed by atoms with Gasteiger partial charge in [-0.1, -0.05) is 42.5 Å². The molecule has 0 amide bonds. The van der Waals surface area contributed by atoms with Gasteiger partial charge in [0.05, 0.1) is 16.5 Å². The molecule has 0 radical (unpaired) electrons. The Hall–Kier alpha value is -0.991. The van der Waals surface area contributed by atoms with Gasteiger partial charge in [0, 0.05) is 6.07 Å². The Morgan fingerprint density at radius 1 is 0.731 bits per heavy atom. The zero-order valence-corrected chi connectivity index (χ0v) is 17.8. The number of benzene rings is 3. The Morgan fingerprint density at radius 2 is 1.35 bits per heavy atom. The van der Waals surface area contributed by atoms with Gasteiger partial charge in [0.1, 0.15) is 0 Å². The third-order valence-corrected chi connectivity index (χ3v) is 3.90. The van der Waals surface area contributed by atoms with Crippen LogP contribution in [0, 0.1) is 6.92 Å². The van der Waals surface area contributed by atoms with Crippen LogP contribution in [-0.4, -0.2) is 0 Å². The van der Waals surface area contributed by atoms with Gasteiger partial charge in [0.2, 0.25) is 0 Å². The molecule has 0 aliphatic heterocycles. The Morgan fingerprint density at radius 3 is 2.04 bits per heavy atom. The van der Waals surface area contributed by atoms with Crippen molar-refractivity contribution in [1.82, 2.24) is 0 Å². The topological polar surface area (TPSA) is 11.3 Å². The fourth-order valence-corrected chi connectivity index (χ4v) is 2.86. The zero-order valence-electron chi connectivity index (χ0n) is 13.7. The van der Waals surface area contributed by atoms with Crippen LogP contribution in [0.2, 0.25) is 0 Å². The quantitative estimate of drug-likeness (QED) is 0.154. The Balaban J connectivity index is 0.000000349. The Bertz CT molecular complexity index is 1040. The molecule has 1 aromatic heterocycles. The number of hydrogen-bond acceptors (Lipinski definition) is 0. The van der Waals surface area contributed by atoms with Crippen LogP contribution in [0.15, 0.2) is 77.2 Å². The van der Waals surface area contributed by atoms with E-state index >= 15 is 0 Å². The molecule has 0 bridgehead atoms. The van der Waals surface area contributed by atoms with Crippen LogP contribution in [0.3, 0.4) is 0 Å². The van der Waals surface area contributed by atoms with E-state index in [1.165, 1.54) is 16.2 Å². The van der Waals surface area contributed by atoms with Gasteiger partial charge in [-0.05, 0) is 42.0 Å². The van der Waals surface area contributed by atoms with E-state index in [1.54, 1.807) is 0 Å². The summed E-state index contributed by atoms with van der Waals surface area (Å²) in [6, 6.07) is 25.1. The fourth-order valence-electron chi connectivity index (χ4n) is 2.86. The van der Waals surface area contributed by atoms with E-state index in [0.717, 1.165) is 22.5 Å². The molecular weight excluding hydrogens is 454 g/mol. The number of halogens is 4. The molecule has 4 rings (SSSR count). The predicted octanol–water partition coefficient (Wildman–Crippen LogP) is 8.60. The summed E-state index contributed by atoms with van der Waals surface area (Å²) in [6.07, 6.45) is 0. The molecule has 0 fully saturated rings. The van der Waals surface area contributed by atoms with Crippen molar-refractivity contribution in [3.8, 4) is 11.3 Å². The first kappa shape index (κ1) is 19.8. The molecule has 3 aromatic carbocycles. The first-order valence-corrected chi connectivity index (χ1v) is 13.7. The van der Waals surface area contributed by atoms with Gasteiger partial charge in [-0.2, -0.15) is 0 Å². The van der Waals surface area contributed by atoms with Crippen molar-refractivity contribution in [3.63, 3.8) is 0 Å². The van der Waals surface area contributed by atoms with Crippen LogP contribution in [0.1, 0.15) is 5.56 Å². The minimum atomic E-state index is -2.61. The van der Waals surface area contributed by atoms with E-state index in [-0.39, 0.29) is 0 Å². The first-order chi connectivity index (χ1) is 12.3. The second-order valence-corrected chi connectivity index (χ2v) is 16.6. The number of fused-ring (bicyclic) bond motifs is 3. The fraction of sp³-hybridized carbons (Fsp3) is 0.0500. The van der Waals surface area contributed by atoms with Crippen molar-refractivity contribution in [1.29, 1.82) is 0 Å². The van der Waals surface area contributed by atoms with Gasteiger partial charge in [-0.3, -0.25) is 0 Å². The summed E-state index contributed by atoms with van der Waals surface area (Å²) in [6.45, 7) is 2.10. The predicted molar refractivity (Wildman–Crippen MR) is 112 cm³/mol. The summed E-state index contributed by atoms with van der Waals surface area (Å²) in [5, 5.41) is 3.65. The van der Waals surface area contributed by atoms with E-state index < -0.39 is 9.20 Å². The molecule has 0 N–H and O–H groups in total. The molecule has 4 aromatic rings. The van der Waals surface area contributed by atoms with Gasteiger partial charge < -0.3 is 0 Å². The monoisotopic (exact) mass is 467 g/mol. The zero-order chi connectivity index (χ0) is 18.7. The van der Waals surface area contributed by atoms with Crippen molar-refractivity contribution in [2.45, 2.75) is 6.92 Å². The second kappa shape index (κ2) is 8.35. The van der Waals surface area contributed by atoms with Crippen LogP contribution in [0.4, 0.5) is 0 Å². The van der Waals surface area contributed by atoms with Crippen LogP contribution >= 0.6 is 40.4 Å². The average Bonchev–Trinajstić information content (AvgIpc) is 2.60. The molecule has 0 aliphatic rings. The van der Waals surface area contributed by atoms with Crippen LogP contribution in [0.25, 0.3) is 33.1 Å². The maximum absolute atomic E-state index is 6.19. The van der Waals surface area contributed by atoms with E-state index in [0.29, 0.717) is 0 Å². The number of hydrogen-bond donors (Lipinski definition) is 0. The Kier molecular flexibility index (Phi) is 6.35. The van der Waals surface area contributed by atoms with E-state index in [2.05, 4.69) is 61.5 Å². The Labute approximate surface area is 171 Å². The molecule has 0 unspecified atom stereocenters. The van der Waals surface area contributed by atoms with Crippen molar-refractivity contribution in [2.75, 3.05) is 0 Å². The average molecular weight is 469 g/mol. The standard InChI is InChI=1S/C20H15O.4ClH.Fe/c1-14-13-18-17-10-6-5-7-15(17)11-12-19(18)21-20(14)16-8-3-2-4-9-16;;;;;/h2-13H,1H3;4*1H;/q+1;;;;;+3/p-4. The molecule has 26 heavy (non-hydrogen) atoms. The van der Waals surface area contributed by atoms with Crippen LogP contribution in [0.5, 0.6) is 0 Å². The van der Waals surface area contributed by atoms with Crippen LogP contribution < -0.4 is 0 Å². The third-order valence-electron chi connectivity index (χ3n) is 3.90. The van der Waals surface area contributed by atoms with Crippen molar-refractivity contribution in [3.05, 3.63) is 78.4 Å². The molecular formula is C20H15Cl4FeO. The molecule has 1 heterocycles. The molecule has 6 heteroatoms. The number of aryl methyl sites for hydroxylation is 1. The summed E-state index contributed by atoms with van der Waals surface area (Å²) >= 11 is 0. The van der Waals surface area contributed by atoms with E-state index in [9.17, 15) is 0 Å². The second-order valence-electron chi connectivity index (χ2n) is 5.63. The van der Waals surface area contributed by atoms with E-state index in [1.807, 2.05) is 18.2 Å².